The second-order valence-electron chi connectivity index (χ2n) is 4.12. The monoisotopic (exact) mass is 263 g/mol. The van der Waals surface area contributed by atoms with E-state index >= 15 is 0 Å². The fraction of sp³-hybridized carbons (Fsp3) is 0.214. The highest BCUT2D eigenvalue weighted by Crippen LogP contribution is 2.10. The molecule has 1 aromatic carbocycles. The van der Waals surface area contributed by atoms with Gasteiger partial charge in [0.05, 0.1) is 12.8 Å². The standard InChI is InChI=1S/C14H14FNO3/c15-11-3-1-2-10(8-11)4-6-16-9-13-12(14(17)18)5-7-19-13/h1-3,5,7-8,16H,4,6,9H2,(H,17,18). The number of rotatable bonds is 6. The Morgan fingerprint density at radius 2 is 2.21 bits per heavy atom. The molecule has 0 unspecified atom stereocenters. The molecule has 0 fully saturated rings. The number of carboxylic acid groups (broad SMARTS) is 1. The van der Waals surface area contributed by atoms with E-state index in [2.05, 4.69) is 5.32 Å². The Kier molecular flexibility index (Phi) is 4.30. The number of carbonyl (C=O) groups is 1. The molecule has 2 N–H and O–H groups in total. The first-order valence-electron chi connectivity index (χ1n) is 5.91. The van der Waals surface area contributed by atoms with Crippen molar-refractivity contribution in [1.82, 2.24) is 5.32 Å². The zero-order chi connectivity index (χ0) is 13.7. The van der Waals surface area contributed by atoms with Gasteiger partial charge in [-0.25, -0.2) is 9.18 Å². The van der Waals surface area contributed by atoms with Gasteiger partial charge in [0.15, 0.2) is 0 Å². The molecule has 5 heteroatoms. The number of carboxylic acids is 1. The number of nitrogens with one attached hydrogen (secondary N) is 1. The summed E-state index contributed by atoms with van der Waals surface area (Å²) in [5, 5.41) is 12.0. The maximum absolute atomic E-state index is 12.9. The van der Waals surface area contributed by atoms with Gasteiger partial charge in [-0.3, -0.25) is 0 Å². The van der Waals surface area contributed by atoms with Gasteiger partial charge < -0.3 is 14.8 Å². The first-order valence-corrected chi connectivity index (χ1v) is 5.91. The lowest BCUT2D eigenvalue weighted by molar-refractivity contribution is 0.0694. The van der Waals surface area contributed by atoms with Crippen LogP contribution in [0.5, 0.6) is 0 Å². The molecule has 0 saturated carbocycles. The number of hydrogen-bond acceptors (Lipinski definition) is 3. The quantitative estimate of drug-likeness (QED) is 0.786. The summed E-state index contributed by atoms with van der Waals surface area (Å²) < 4.78 is 18.0. The largest absolute Gasteiger partial charge is 0.478 e. The van der Waals surface area contributed by atoms with E-state index in [-0.39, 0.29) is 11.4 Å². The zero-order valence-corrected chi connectivity index (χ0v) is 10.2. The third-order valence-corrected chi connectivity index (χ3v) is 2.74. The summed E-state index contributed by atoms with van der Waals surface area (Å²) in [5.74, 6) is -0.862. The van der Waals surface area contributed by atoms with E-state index in [0.29, 0.717) is 25.3 Å². The minimum atomic E-state index is -1.00. The van der Waals surface area contributed by atoms with Gasteiger partial charge in [-0.2, -0.15) is 0 Å². The van der Waals surface area contributed by atoms with Gasteiger partial charge in [-0.15, -0.1) is 0 Å². The van der Waals surface area contributed by atoms with Crippen LogP contribution < -0.4 is 5.32 Å². The predicted molar refractivity (Wildman–Crippen MR) is 67.5 cm³/mol. The van der Waals surface area contributed by atoms with Crippen LogP contribution in [0.3, 0.4) is 0 Å². The molecule has 2 aromatic rings. The third-order valence-electron chi connectivity index (χ3n) is 2.74. The molecule has 0 amide bonds. The molecule has 0 atom stereocenters. The minimum absolute atomic E-state index is 0.165. The molecular formula is C14H14FNO3. The Morgan fingerprint density at radius 3 is 2.95 bits per heavy atom. The highest BCUT2D eigenvalue weighted by atomic mass is 19.1. The maximum Gasteiger partial charge on any atom is 0.339 e. The van der Waals surface area contributed by atoms with Crippen LogP contribution in [-0.2, 0) is 13.0 Å². The number of furan rings is 1. The molecule has 100 valence electrons. The van der Waals surface area contributed by atoms with E-state index in [1.165, 1.54) is 24.5 Å². The van der Waals surface area contributed by atoms with Crippen molar-refractivity contribution in [1.29, 1.82) is 0 Å². The molecule has 0 aliphatic rings. The second kappa shape index (κ2) is 6.15. The van der Waals surface area contributed by atoms with Crippen LogP contribution in [0.1, 0.15) is 21.7 Å². The Bertz CT molecular complexity index is 565. The first-order chi connectivity index (χ1) is 9.16. The fourth-order valence-electron chi connectivity index (χ4n) is 1.80. The molecular weight excluding hydrogens is 249 g/mol. The van der Waals surface area contributed by atoms with Crippen LogP contribution in [0, 0.1) is 5.82 Å². The van der Waals surface area contributed by atoms with Crippen LogP contribution in [-0.4, -0.2) is 17.6 Å². The van der Waals surface area contributed by atoms with Crippen molar-refractivity contribution < 1.29 is 18.7 Å². The van der Waals surface area contributed by atoms with Crippen LogP contribution in [0.4, 0.5) is 4.39 Å². The van der Waals surface area contributed by atoms with Crippen molar-refractivity contribution in [2.45, 2.75) is 13.0 Å². The highest BCUT2D eigenvalue weighted by Gasteiger charge is 2.12. The van der Waals surface area contributed by atoms with E-state index in [0.717, 1.165) is 5.56 Å². The molecule has 2 rings (SSSR count). The van der Waals surface area contributed by atoms with Crippen LogP contribution in [0.25, 0.3) is 0 Å². The lowest BCUT2D eigenvalue weighted by Gasteiger charge is -2.04. The van der Waals surface area contributed by atoms with Gasteiger partial charge in [0, 0.05) is 0 Å². The maximum atomic E-state index is 12.9. The molecule has 1 aromatic heterocycles. The number of benzene rings is 1. The lowest BCUT2D eigenvalue weighted by atomic mass is 10.1. The number of halogens is 1. The van der Waals surface area contributed by atoms with E-state index in [9.17, 15) is 9.18 Å². The SMILES string of the molecule is O=C(O)c1ccoc1CNCCc1cccc(F)c1. The Labute approximate surface area is 109 Å². The first kappa shape index (κ1) is 13.3. The van der Waals surface area contributed by atoms with Crippen molar-refractivity contribution in [2.24, 2.45) is 0 Å². The zero-order valence-electron chi connectivity index (χ0n) is 10.2. The Balaban J connectivity index is 1.81. The van der Waals surface area contributed by atoms with Gasteiger partial charge in [0.25, 0.3) is 0 Å². The fourth-order valence-corrected chi connectivity index (χ4v) is 1.80. The van der Waals surface area contributed by atoms with Crippen molar-refractivity contribution >= 4 is 5.97 Å². The number of aromatic carboxylic acids is 1. The minimum Gasteiger partial charge on any atom is -0.478 e. The van der Waals surface area contributed by atoms with E-state index in [1.54, 1.807) is 6.07 Å². The summed E-state index contributed by atoms with van der Waals surface area (Å²) in [4.78, 5) is 10.8. The summed E-state index contributed by atoms with van der Waals surface area (Å²) in [6.45, 7) is 0.952. The topological polar surface area (TPSA) is 62.5 Å². The summed E-state index contributed by atoms with van der Waals surface area (Å²) in [6.07, 6.45) is 2.02. The van der Waals surface area contributed by atoms with Gasteiger partial charge in [-0.1, -0.05) is 12.1 Å². The summed E-state index contributed by atoms with van der Waals surface area (Å²) in [6, 6.07) is 7.82. The van der Waals surface area contributed by atoms with Crippen molar-refractivity contribution in [3.63, 3.8) is 0 Å². The van der Waals surface area contributed by atoms with Crippen LogP contribution >= 0.6 is 0 Å². The molecule has 1 heterocycles. The van der Waals surface area contributed by atoms with Crippen molar-refractivity contribution in [2.75, 3.05) is 6.54 Å². The highest BCUT2D eigenvalue weighted by molar-refractivity contribution is 5.88. The van der Waals surface area contributed by atoms with Gasteiger partial charge in [-0.05, 0) is 36.7 Å². The van der Waals surface area contributed by atoms with E-state index in [1.807, 2.05) is 6.07 Å². The van der Waals surface area contributed by atoms with E-state index in [4.69, 9.17) is 9.52 Å². The molecule has 0 radical (unpaired) electrons. The molecule has 0 spiro atoms. The summed E-state index contributed by atoms with van der Waals surface area (Å²) in [7, 11) is 0. The molecule has 0 aliphatic heterocycles. The molecule has 4 nitrogen and oxygen atoms in total. The van der Waals surface area contributed by atoms with Crippen molar-refractivity contribution in [3.8, 4) is 0 Å². The second-order valence-corrected chi connectivity index (χ2v) is 4.12. The van der Waals surface area contributed by atoms with Crippen molar-refractivity contribution in [3.05, 3.63) is 59.3 Å². The van der Waals surface area contributed by atoms with Crippen LogP contribution in [0.15, 0.2) is 41.0 Å². The number of hydrogen-bond donors (Lipinski definition) is 2. The average Bonchev–Trinajstić information content (AvgIpc) is 2.83. The third kappa shape index (κ3) is 3.66. The predicted octanol–water partition coefficient (Wildman–Crippen LogP) is 2.45. The summed E-state index contributed by atoms with van der Waals surface area (Å²) >= 11 is 0. The Hall–Kier alpha value is -2.14. The smallest absolute Gasteiger partial charge is 0.339 e. The normalized spacial score (nSPS) is 10.6. The van der Waals surface area contributed by atoms with Gasteiger partial charge in [0.1, 0.15) is 17.1 Å². The molecule has 19 heavy (non-hydrogen) atoms. The van der Waals surface area contributed by atoms with E-state index < -0.39 is 5.97 Å². The lowest BCUT2D eigenvalue weighted by Crippen LogP contribution is -2.17. The van der Waals surface area contributed by atoms with Gasteiger partial charge in [0.2, 0.25) is 0 Å². The van der Waals surface area contributed by atoms with Crippen LogP contribution in [0.2, 0.25) is 0 Å². The molecule has 0 aliphatic carbocycles. The Morgan fingerprint density at radius 1 is 1.37 bits per heavy atom. The molecule has 0 saturated heterocycles. The van der Waals surface area contributed by atoms with Gasteiger partial charge >= 0.3 is 5.97 Å². The summed E-state index contributed by atoms with van der Waals surface area (Å²) in [5.41, 5.74) is 1.06. The molecule has 0 bridgehead atoms. The average molecular weight is 263 g/mol.